The van der Waals surface area contributed by atoms with Crippen LogP contribution in [-0.4, -0.2) is 54.4 Å². The highest BCUT2D eigenvalue weighted by Crippen LogP contribution is 2.23. The van der Waals surface area contributed by atoms with Crippen molar-refractivity contribution in [1.82, 2.24) is 19.4 Å². The van der Waals surface area contributed by atoms with E-state index in [0.717, 1.165) is 11.3 Å². The van der Waals surface area contributed by atoms with Crippen LogP contribution in [0.15, 0.2) is 35.9 Å². The van der Waals surface area contributed by atoms with Crippen LogP contribution in [0.3, 0.4) is 0 Å². The van der Waals surface area contributed by atoms with Gasteiger partial charge in [-0.15, -0.1) is 0 Å². The molecule has 2 aromatic rings. The van der Waals surface area contributed by atoms with Crippen molar-refractivity contribution in [1.29, 1.82) is 0 Å². The summed E-state index contributed by atoms with van der Waals surface area (Å²) in [5.41, 5.74) is 1.61. The summed E-state index contributed by atoms with van der Waals surface area (Å²) in [6, 6.07) is 3.92. The van der Waals surface area contributed by atoms with E-state index in [9.17, 15) is 8.42 Å². The molecule has 0 atom stereocenters. The summed E-state index contributed by atoms with van der Waals surface area (Å²) in [4.78, 5) is 10.5. The van der Waals surface area contributed by atoms with Gasteiger partial charge in [0.1, 0.15) is 0 Å². The van der Waals surface area contributed by atoms with Crippen molar-refractivity contribution in [3.05, 3.63) is 42.0 Å². The van der Waals surface area contributed by atoms with Crippen LogP contribution in [0.5, 0.6) is 0 Å². The molecule has 7 nitrogen and oxygen atoms in total. The third kappa shape index (κ3) is 6.41. The van der Waals surface area contributed by atoms with Gasteiger partial charge in [0.25, 0.3) is 0 Å². The second-order valence-corrected chi connectivity index (χ2v) is 9.91. The summed E-state index contributed by atoms with van der Waals surface area (Å²) in [7, 11) is 0.111. The van der Waals surface area contributed by atoms with E-state index in [1.165, 1.54) is 0 Å². The molecule has 0 saturated carbocycles. The number of pyridine rings is 1. The Labute approximate surface area is 162 Å². The lowest BCUT2D eigenvalue weighted by molar-refractivity contribution is 0.182. The maximum absolute atomic E-state index is 12.9. The van der Waals surface area contributed by atoms with Gasteiger partial charge in [0.2, 0.25) is 15.0 Å². The van der Waals surface area contributed by atoms with Gasteiger partial charge in [-0.1, -0.05) is 26.8 Å². The molecule has 150 valence electrons. The monoisotopic (exact) mass is 394 g/mol. The zero-order valence-corrected chi connectivity index (χ0v) is 17.7. The normalized spacial score (nSPS) is 12.7. The lowest BCUT2D eigenvalue weighted by Crippen LogP contribution is -2.26. The number of rotatable bonds is 9. The standard InChI is InChI=1S/C19H30N4O3S/c1-19(2,3)15-27(24,25)18-21-12-17(23(18)9-10-26-5)14-22(4)13-16-7-6-8-20-11-16/h6-8,11-12H,9-10,13-15H2,1-5H3. The molecule has 0 radical (unpaired) electrons. The Morgan fingerprint density at radius 2 is 1.96 bits per heavy atom. The first kappa shape index (κ1) is 21.5. The molecule has 2 aromatic heterocycles. The summed E-state index contributed by atoms with van der Waals surface area (Å²) in [5, 5.41) is 0.124. The maximum Gasteiger partial charge on any atom is 0.227 e. The predicted molar refractivity (Wildman–Crippen MR) is 105 cm³/mol. The Kier molecular flexibility index (Phi) is 7.13. The van der Waals surface area contributed by atoms with Crippen molar-refractivity contribution in [2.75, 3.05) is 26.5 Å². The Hall–Kier alpha value is -1.77. The van der Waals surface area contributed by atoms with Crippen molar-refractivity contribution >= 4 is 9.84 Å². The third-order valence-corrected chi connectivity index (χ3v) is 6.06. The minimum atomic E-state index is -3.49. The number of imidazole rings is 1. The van der Waals surface area contributed by atoms with E-state index in [2.05, 4.69) is 14.9 Å². The molecule has 0 unspecified atom stereocenters. The minimum Gasteiger partial charge on any atom is -0.383 e. The first-order valence-corrected chi connectivity index (χ1v) is 10.6. The van der Waals surface area contributed by atoms with Crippen LogP contribution in [0.2, 0.25) is 0 Å². The van der Waals surface area contributed by atoms with E-state index in [0.29, 0.717) is 26.2 Å². The van der Waals surface area contributed by atoms with Crippen LogP contribution in [-0.2, 0) is 34.2 Å². The van der Waals surface area contributed by atoms with Gasteiger partial charge in [-0.25, -0.2) is 13.4 Å². The van der Waals surface area contributed by atoms with Gasteiger partial charge in [0, 0.05) is 39.1 Å². The Morgan fingerprint density at radius 1 is 1.22 bits per heavy atom. The zero-order valence-electron chi connectivity index (χ0n) is 16.8. The largest absolute Gasteiger partial charge is 0.383 e. The fourth-order valence-corrected chi connectivity index (χ4v) is 4.99. The molecule has 27 heavy (non-hydrogen) atoms. The van der Waals surface area contributed by atoms with Gasteiger partial charge in [-0.05, 0) is 24.1 Å². The van der Waals surface area contributed by atoms with Crippen LogP contribution in [0, 0.1) is 5.41 Å². The van der Waals surface area contributed by atoms with Gasteiger partial charge in [-0.2, -0.15) is 0 Å². The molecule has 0 aliphatic carbocycles. The lowest BCUT2D eigenvalue weighted by atomic mass is 10.0. The van der Waals surface area contributed by atoms with Crippen molar-refractivity contribution in [2.24, 2.45) is 5.41 Å². The summed E-state index contributed by atoms with van der Waals surface area (Å²) >= 11 is 0. The van der Waals surface area contributed by atoms with Crippen molar-refractivity contribution in [3.8, 4) is 0 Å². The molecule has 0 aliphatic heterocycles. The van der Waals surface area contributed by atoms with E-state index in [1.54, 1.807) is 24.1 Å². The molecule has 0 N–H and O–H groups in total. The van der Waals surface area contributed by atoms with E-state index < -0.39 is 9.84 Å². The van der Waals surface area contributed by atoms with E-state index in [4.69, 9.17) is 4.74 Å². The molecule has 0 aliphatic rings. The molecule has 2 rings (SSSR count). The SMILES string of the molecule is COCCn1c(CN(C)Cc2cccnc2)cnc1S(=O)(=O)CC(C)(C)C. The zero-order chi connectivity index (χ0) is 20.1. The van der Waals surface area contributed by atoms with Crippen LogP contribution in [0.1, 0.15) is 32.0 Å². The third-order valence-electron chi connectivity index (χ3n) is 3.93. The smallest absolute Gasteiger partial charge is 0.227 e. The summed E-state index contributed by atoms with van der Waals surface area (Å²) in [6.07, 6.45) is 5.23. The molecule has 0 saturated heterocycles. The second-order valence-electron chi connectivity index (χ2n) is 8.03. The highest BCUT2D eigenvalue weighted by molar-refractivity contribution is 7.91. The molecule has 0 amide bonds. The number of methoxy groups -OCH3 is 1. The Morgan fingerprint density at radius 3 is 2.56 bits per heavy atom. The van der Waals surface area contributed by atoms with E-state index >= 15 is 0 Å². The molecule has 8 heteroatoms. The van der Waals surface area contributed by atoms with E-state index in [-0.39, 0.29) is 16.3 Å². The van der Waals surface area contributed by atoms with Gasteiger partial charge in [0.15, 0.2) is 0 Å². The lowest BCUT2D eigenvalue weighted by Gasteiger charge is -2.20. The number of hydrogen-bond donors (Lipinski definition) is 0. The van der Waals surface area contributed by atoms with Gasteiger partial charge >= 0.3 is 0 Å². The van der Waals surface area contributed by atoms with Crippen molar-refractivity contribution < 1.29 is 13.2 Å². The topological polar surface area (TPSA) is 77.3 Å². The number of hydrogen-bond acceptors (Lipinski definition) is 6. The summed E-state index contributed by atoms with van der Waals surface area (Å²) < 4.78 is 32.7. The highest BCUT2D eigenvalue weighted by atomic mass is 32.2. The maximum atomic E-state index is 12.9. The predicted octanol–water partition coefficient (Wildman–Crippen LogP) is 2.38. The average molecular weight is 395 g/mol. The average Bonchev–Trinajstić information content (AvgIpc) is 2.95. The van der Waals surface area contributed by atoms with E-state index in [1.807, 2.05) is 46.1 Å². The number of nitrogens with zero attached hydrogens (tertiary/aromatic N) is 4. The Balaban J connectivity index is 2.24. The molecular weight excluding hydrogens is 364 g/mol. The molecular formula is C19H30N4O3S. The van der Waals surface area contributed by atoms with Gasteiger partial charge in [-0.3, -0.25) is 9.88 Å². The fourth-order valence-electron chi connectivity index (χ4n) is 2.96. The quantitative estimate of drug-likeness (QED) is 0.650. The Bertz CT molecular complexity index is 826. The molecule has 0 fully saturated rings. The minimum absolute atomic E-state index is 0.0506. The number of aromatic nitrogens is 3. The number of sulfone groups is 1. The van der Waals surface area contributed by atoms with Crippen LogP contribution < -0.4 is 0 Å². The molecule has 0 aromatic carbocycles. The first-order valence-electron chi connectivity index (χ1n) is 8.96. The first-order chi connectivity index (χ1) is 12.6. The van der Waals surface area contributed by atoms with Gasteiger partial charge < -0.3 is 9.30 Å². The molecule has 0 bridgehead atoms. The highest BCUT2D eigenvalue weighted by Gasteiger charge is 2.29. The van der Waals surface area contributed by atoms with Crippen LogP contribution in [0.4, 0.5) is 0 Å². The van der Waals surface area contributed by atoms with Crippen molar-refractivity contribution in [2.45, 2.75) is 45.6 Å². The van der Waals surface area contributed by atoms with Crippen molar-refractivity contribution in [3.63, 3.8) is 0 Å². The van der Waals surface area contributed by atoms with Crippen LogP contribution in [0.25, 0.3) is 0 Å². The summed E-state index contributed by atoms with van der Waals surface area (Å²) in [5.74, 6) is 0.0506. The number of ether oxygens (including phenoxy) is 1. The molecule has 2 heterocycles. The summed E-state index contributed by atoms with van der Waals surface area (Å²) in [6.45, 7) is 7.91. The van der Waals surface area contributed by atoms with Gasteiger partial charge in [0.05, 0.1) is 24.3 Å². The fraction of sp³-hybridized carbons (Fsp3) is 0.579. The second kappa shape index (κ2) is 8.95. The molecule has 0 spiro atoms. The van der Waals surface area contributed by atoms with Crippen LogP contribution >= 0.6 is 0 Å².